The van der Waals surface area contributed by atoms with Crippen LogP contribution in [-0.4, -0.2) is 93.3 Å². The minimum absolute atomic E-state index is 0.00872. The maximum atomic E-state index is 13.8. The van der Waals surface area contributed by atoms with E-state index in [4.69, 9.17) is 0 Å². The second kappa shape index (κ2) is 11.4. The number of nitrogens with zero attached hydrogens (tertiary/aromatic N) is 3. The van der Waals surface area contributed by atoms with Crippen LogP contribution in [0.2, 0.25) is 0 Å². The van der Waals surface area contributed by atoms with Gasteiger partial charge in [-0.1, -0.05) is 79.7 Å². The number of fused-ring (bicyclic) bond motifs is 2. The number of hydrogen-bond donors (Lipinski definition) is 3. The first-order valence-corrected chi connectivity index (χ1v) is 14.9. The number of benzene rings is 3. The summed E-state index contributed by atoms with van der Waals surface area (Å²) in [6.07, 6.45) is 0.290. The van der Waals surface area contributed by atoms with Crippen molar-refractivity contribution in [2.75, 3.05) is 26.2 Å². The van der Waals surface area contributed by atoms with Gasteiger partial charge in [0.15, 0.2) is 0 Å². The number of amides is 6. The average Bonchev–Trinajstić information content (AvgIpc) is 3.26. The molecule has 0 bridgehead atoms. The van der Waals surface area contributed by atoms with Crippen molar-refractivity contribution in [1.82, 2.24) is 25.3 Å². The molecule has 3 aromatic rings. The molecule has 228 valence electrons. The fourth-order valence-electron chi connectivity index (χ4n) is 6.70. The second-order valence-electron chi connectivity index (χ2n) is 11.8. The van der Waals surface area contributed by atoms with Gasteiger partial charge in [-0.05, 0) is 28.8 Å². The number of likely N-dealkylation sites (N-methyl/N-ethyl adjacent to an activating group) is 1. The van der Waals surface area contributed by atoms with Crippen LogP contribution in [0, 0.1) is 5.92 Å². The van der Waals surface area contributed by atoms with Gasteiger partial charge in [-0.15, -0.1) is 0 Å². The first kappa shape index (κ1) is 29.3. The molecule has 3 aromatic carbocycles. The Kier molecular flexibility index (Phi) is 7.58. The van der Waals surface area contributed by atoms with Crippen LogP contribution in [-0.2, 0) is 25.6 Å². The van der Waals surface area contributed by atoms with Crippen molar-refractivity contribution in [2.45, 2.75) is 44.0 Å². The molecule has 3 fully saturated rings. The first-order chi connectivity index (χ1) is 21.1. The molecule has 4 unspecified atom stereocenters. The van der Waals surface area contributed by atoms with Gasteiger partial charge in [0.05, 0.1) is 11.6 Å². The molecule has 3 N–H and O–H groups in total. The van der Waals surface area contributed by atoms with E-state index in [1.807, 2.05) is 49.4 Å². The van der Waals surface area contributed by atoms with Gasteiger partial charge in [-0.3, -0.25) is 24.1 Å². The monoisotopic (exact) mass is 597 g/mol. The van der Waals surface area contributed by atoms with Gasteiger partial charge >= 0.3 is 17.8 Å². The lowest BCUT2D eigenvalue weighted by atomic mass is 9.75. The smallest absolute Gasteiger partial charge is 0.325 e. The van der Waals surface area contributed by atoms with E-state index in [2.05, 4.69) is 10.6 Å². The summed E-state index contributed by atoms with van der Waals surface area (Å²) in [6, 6.07) is 18.6. The summed E-state index contributed by atoms with van der Waals surface area (Å²) in [6.45, 7) is 4.53. The zero-order valence-electron chi connectivity index (χ0n) is 24.6. The predicted molar refractivity (Wildman–Crippen MR) is 161 cm³/mol. The summed E-state index contributed by atoms with van der Waals surface area (Å²) in [5.41, 5.74) is 0.0474. The van der Waals surface area contributed by atoms with E-state index in [-0.39, 0.29) is 24.9 Å². The van der Waals surface area contributed by atoms with Crippen molar-refractivity contribution in [2.24, 2.45) is 5.92 Å². The minimum atomic E-state index is -1.30. The van der Waals surface area contributed by atoms with Gasteiger partial charge in [-0.2, -0.15) is 0 Å². The predicted octanol–water partition coefficient (Wildman–Crippen LogP) is 1.60. The quantitative estimate of drug-likeness (QED) is 0.279. The number of rotatable bonds is 7. The van der Waals surface area contributed by atoms with Crippen molar-refractivity contribution in [1.29, 1.82) is 0 Å². The molecule has 3 heterocycles. The van der Waals surface area contributed by atoms with Crippen LogP contribution < -0.4 is 10.6 Å². The highest BCUT2D eigenvalue weighted by Crippen LogP contribution is 2.44. The van der Waals surface area contributed by atoms with E-state index < -0.39 is 47.5 Å². The number of urea groups is 1. The summed E-state index contributed by atoms with van der Waals surface area (Å²) in [7, 11) is 0. The van der Waals surface area contributed by atoms with Crippen LogP contribution >= 0.6 is 0 Å². The normalized spacial score (nSPS) is 25.5. The molecule has 11 heteroatoms. The molecule has 0 spiro atoms. The molecule has 44 heavy (non-hydrogen) atoms. The molecule has 6 amide bonds. The number of carbonyl (C=O) groups is 5. The summed E-state index contributed by atoms with van der Waals surface area (Å²) in [5.74, 6) is -2.97. The number of aliphatic hydroxyl groups is 1. The van der Waals surface area contributed by atoms with Gasteiger partial charge in [0.1, 0.15) is 12.1 Å². The van der Waals surface area contributed by atoms with Crippen molar-refractivity contribution in [3.05, 3.63) is 83.9 Å². The highest BCUT2D eigenvalue weighted by molar-refractivity contribution is 6.38. The molecule has 0 saturated carbocycles. The van der Waals surface area contributed by atoms with Crippen LogP contribution in [0.5, 0.6) is 0 Å². The Labute approximate surface area is 254 Å². The number of nitrogens with one attached hydrogen (secondary N) is 2. The maximum Gasteiger partial charge on any atom is 0.325 e. The van der Waals surface area contributed by atoms with E-state index in [1.54, 1.807) is 42.2 Å². The van der Waals surface area contributed by atoms with Crippen LogP contribution in [0.4, 0.5) is 4.79 Å². The zero-order valence-corrected chi connectivity index (χ0v) is 24.6. The van der Waals surface area contributed by atoms with Crippen molar-refractivity contribution >= 4 is 40.4 Å². The SMILES string of the molecule is CCN1CCN(C(=O)NC(C(=O)NC2C(=O)N3CC(C)C(O)(Cc4ccc5ccccc5c4)[C@H]23)c2ccccc2)C(=O)C1=O. The third-order valence-corrected chi connectivity index (χ3v) is 9.23. The molecule has 11 nitrogen and oxygen atoms in total. The summed E-state index contributed by atoms with van der Waals surface area (Å²) >= 11 is 0. The standard InChI is InChI=1S/C33H35N5O6/c1-3-36-15-16-37(31(42)30(36)41)32(43)35-25(23-10-5-4-6-11-23)28(39)34-26-27-33(44,20(2)19-38(27)29(26)40)18-21-13-14-22-9-7-8-12-24(22)17-21/h4-14,17,20,25-27,44H,3,15-16,18-19H2,1-2H3,(H,34,39)(H,35,43)/t20?,25?,26?,27-,33?/m0/s1. The summed E-state index contributed by atoms with van der Waals surface area (Å²) in [4.78, 5) is 69.0. The van der Waals surface area contributed by atoms with Gasteiger partial charge in [0.25, 0.3) is 0 Å². The molecular weight excluding hydrogens is 562 g/mol. The lowest BCUT2D eigenvalue weighted by molar-refractivity contribution is -0.160. The Morgan fingerprint density at radius 2 is 1.66 bits per heavy atom. The fourth-order valence-corrected chi connectivity index (χ4v) is 6.70. The molecule has 0 aliphatic carbocycles. The Bertz CT molecular complexity index is 1650. The highest BCUT2D eigenvalue weighted by Gasteiger charge is 2.65. The lowest BCUT2D eigenvalue weighted by Gasteiger charge is -2.48. The summed E-state index contributed by atoms with van der Waals surface area (Å²) in [5, 5.41) is 19.6. The van der Waals surface area contributed by atoms with Crippen LogP contribution in [0.15, 0.2) is 72.8 Å². The summed E-state index contributed by atoms with van der Waals surface area (Å²) < 4.78 is 0. The highest BCUT2D eigenvalue weighted by atomic mass is 16.3. The Hall–Kier alpha value is -4.77. The van der Waals surface area contributed by atoms with Crippen molar-refractivity contribution in [3.63, 3.8) is 0 Å². The van der Waals surface area contributed by atoms with Gasteiger partial charge < -0.3 is 25.5 Å². The number of piperazine rings is 1. The lowest BCUT2D eigenvalue weighted by Crippen LogP contribution is -2.74. The van der Waals surface area contributed by atoms with E-state index in [0.717, 1.165) is 21.2 Å². The fraction of sp³-hybridized carbons (Fsp3) is 0.364. The molecule has 0 aromatic heterocycles. The third kappa shape index (κ3) is 4.96. The molecular formula is C33H35N5O6. The van der Waals surface area contributed by atoms with E-state index in [1.165, 1.54) is 4.90 Å². The van der Waals surface area contributed by atoms with Crippen LogP contribution in [0.25, 0.3) is 10.8 Å². The average molecular weight is 598 g/mol. The second-order valence-corrected chi connectivity index (χ2v) is 11.8. The van der Waals surface area contributed by atoms with E-state index in [0.29, 0.717) is 25.1 Å². The minimum Gasteiger partial charge on any atom is -0.387 e. The number of hydrogen-bond acceptors (Lipinski definition) is 6. The third-order valence-electron chi connectivity index (χ3n) is 9.23. The molecule has 6 rings (SSSR count). The Morgan fingerprint density at radius 3 is 2.39 bits per heavy atom. The first-order valence-electron chi connectivity index (χ1n) is 14.9. The molecule has 3 aliphatic rings. The number of imide groups is 1. The number of β-lactam (4-membered cyclic amide) rings is 1. The molecule has 3 saturated heterocycles. The Morgan fingerprint density at radius 1 is 0.955 bits per heavy atom. The number of carbonyl (C=O) groups excluding carboxylic acids is 5. The van der Waals surface area contributed by atoms with E-state index in [9.17, 15) is 29.1 Å². The van der Waals surface area contributed by atoms with Gasteiger partial charge in [0.2, 0.25) is 11.8 Å². The topological polar surface area (TPSA) is 139 Å². The maximum absolute atomic E-state index is 13.8. The van der Waals surface area contributed by atoms with Crippen molar-refractivity contribution < 1.29 is 29.1 Å². The Balaban J connectivity index is 1.22. The largest absolute Gasteiger partial charge is 0.387 e. The molecule has 0 radical (unpaired) electrons. The zero-order chi connectivity index (χ0) is 31.2. The molecule has 5 atom stereocenters. The van der Waals surface area contributed by atoms with Gasteiger partial charge in [-0.25, -0.2) is 4.79 Å². The van der Waals surface area contributed by atoms with Crippen LogP contribution in [0.1, 0.15) is 31.0 Å². The van der Waals surface area contributed by atoms with Crippen LogP contribution in [0.3, 0.4) is 0 Å². The van der Waals surface area contributed by atoms with E-state index >= 15 is 0 Å². The molecule has 3 aliphatic heterocycles. The van der Waals surface area contributed by atoms with Crippen molar-refractivity contribution in [3.8, 4) is 0 Å². The van der Waals surface area contributed by atoms with Gasteiger partial charge in [0, 0.05) is 38.5 Å².